The fraction of sp³-hybridized carbons (Fsp3) is 0.867. The van der Waals surface area contributed by atoms with E-state index in [1.807, 2.05) is 0 Å². The molecule has 0 aliphatic heterocycles. The summed E-state index contributed by atoms with van der Waals surface area (Å²) in [6.45, 7) is 4.58. The van der Waals surface area contributed by atoms with Gasteiger partial charge in [-0.2, -0.15) is 0 Å². The molecular formula is C15H28. The quantitative estimate of drug-likeness (QED) is 0.391. The lowest BCUT2D eigenvalue weighted by Crippen LogP contribution is -2.08. The Morgan fingerprint density at radius 2 is 1.33 bits per heavy atom. The van der Waals surface area contributed by atoms with Crippen LogP contribution in [0.3, 0.4) is 0 Å². The van der Waals surface area contributed by atoms with Crippen molar-refractivity contribution >= 4 is 0 Å². The molecule has 0 aromatic heterocycles. The lowest BCUT2D eigenvalue weighted by molar-refractivity contribution is 0.403. The summed E-state index contributed by atoms with van der Waals surface area (Å²) in [5.41, 5.74) is 0. The van der Waals surface area contributed by atoms with Crippen LogP contribution in [0.2, 0.25) is 0 Å². The van der Waals surface area contributed by atoms with Gasteiger partial charge in [0.1, 0.15) is 0 Å². The van der Waals surface area contributed by atoms with Crippen LogP contribution < -0.4 is 0 Å². The molecule has 88 valence electrons. The Labute approximate surface area is 96.2 Å². The normalized spacial score (nSPS) is 25.7. The van der Waals surface area contributed by atoms with Gasteiger partial charge < -0.3 is 0 Å². The second kappa shape index (κ2) is 7.96. The molecule has 0 aromatic rings. The third-order valence-corrected chi connectivity index (χ3v) is 3.67. The van der Waals surface area contributed by atoms with E-state index < -0.39 is 0 Å². The average molecular weight is 208 g/mol. The van der Waals surface area contributed by atoms with Crippen molar-refractivity contribution in [3.05, 3.63) is 12.2 Å². The number of allylic oxidation sites excluding steroid dienone is 2. The molecule has 2 atom stereocenters. The van der Waals surface area contributed by atoms with Gasteiger partial charge in [0.2, 0.25) is 0 Å². The molecule has 0 fully saturated rings. The number of hydrogen-bond donors (Lipinski definition) is 0. The van der Waals surface area contributed by atoms with E-state index in [1.54, 1.807) is 0 Å². The lowest BCUT2D eigenvalue weighted by atomic mass is 9.83. The van der Waals surface area contributed by atoms with Crippen molar-refractivity contribution in [3.63, 3.8) is 0 Å². The molecule has 1 aliphatic carbocycles. The minimum Gasteiger partial charge on any atom is -0.0851 e. The molecule has 0 aromatic carbocycles. The second-order valence-electron chi connectivity index (χ2n) is 5.12. The predicted octanol–water partition coefficient (Wildman–Crippen LogP) is 5.34. The van der Waals surface area contributed by atoms with Crippen LogP contribution in [0.25, 0.3) is 0 Å². The van der Waals surface area contributed by atoms with Crippen LogP contribution in [0.5, 0.6) is 0 Å². The average Bonchev–Trinajstić information content (AvgIpc) is 2.28. The van der Waals surface area contributed by atoms with E-state index in [9.17, 15) is 0 Å². The fourth-order valence-corrected chi connectivity index (χ4v) is 2.54. The molecule has 0 spiro atoms. The van der Waals surface area contributed by atoms with E-state index in [2.05, 4.69) is 26.0 Å². The molecule has 0 bridgehead atoms. The van der Waals surface area contributed by atoms with E-state index in [0.717, 1.165) is 11.8 Å². The molecule has 0 saturated heterocycles. The first-order valence-electron chi connectivity index (χ1n) is 7.05. The summed E-state index contributed by atoms with van der Waals surface area (Å²) in [5, 5.41) is 0. The van der Waals surface area contributed by atoms with Gasteiger partial charge in [0.15, 0.2) is 0 Å². The van der Waals surface area contributed by atoms with Gasteiger partial charge in [-0.3, -0.25) is 0 Å². The van der Waals surface area contributed by atoms with E-state index in [-0.39, 0.29) is 0 Å². The minimum absolute atomic E-state index is 0.910. The minimum atomic E-state index is 0.910. The largest absolute Gasteiger partial charge is 0.0851 e. The molecule has 0 radical (unpaired) electrons. The first kappa shape index (κ1) is 12.8. The summed E-state index contributed by atoms with van der Waals surface area (Å²) in [7, 11) is 0. The van der Waals surface area contributed by atoms with Crippen molar-refractivity contribution in [2.45, 2.75) is 71.6 Å². The molecule has 1 aliphatic rings. The van der Waals surface area contributed by atoms with Crippen molar-refractivity contribution < 1.29 is 0 Å². The molecule has 0 amide bonds. The maximum absolute atomic E-state index is 2.51. The fourth-order valence-electron chi connectivity index (χ4n) is 2.54. The van der Waals surface area contributed by atoms with Crippen molar-refractivity contribution in [3.8, 4) is 0 Å². The highest BCUT2D eigenvalue weighted by molar-refractivity contribution is 4.97. The van der Waals surface area contributed by atoms with Gasteiger partial charge in [0.25, 0.3) is 0 Å². The number of hydrogen-bond acceptors (Lipinski definition) is 0. The summed E-state index contributed by atoms with van der Waals surface area (Å²) >= 11 is 0. The zero-order valence-corrected chi connectivity index (χ0v) is 10.7. The Morgan fingerprint density at radius 1 is 0.800 bits per heavy atom. The van der Waals surface area contributed by atoms with E-state index >= 15 is 0 Å². The molecule has 15 heavy (non-hydrogen) atoms. The van der Waals surface area contributed by atoms with Crippen LogP contribution in [-0.4, -0.2) is 0 Å². The maximum atomic E-state index is 2.51. The predicted molar refractivity (Wildman–Crippen MR) is 69.0 cm³/mol. The smallest absolute Gasteiger partial charge is 0.0233 e. The van der Waals surface area contributed by atoms with Crippen molar-refractivity contribution in [2.75, 3.05) is 0 Å². The summed E-state index contributed by atoms with van der Waals surface area (Å²) < 4.78 is 0. The van der Waals surface area contributed by atoms with Crippen LogP contribution in [0.4, 0.5) is 0 Å². The molecule has 1 rings (SSSR count). The molecule has 0 nitrogen and oxygen atoms in total. The van der Waals surface area contributed by atoms with Crippen LogP contribution in [0.1, 0.15) is 71.6 Å². The second-order valence-corrected chi connectivity index (χ2v) is 5.12. The topological polar surface area (TPSA) is 0 Å². The summed E-state index contributed by atoms with van der Waals surface area (Å²) in [6, 6.07) is 0. The first-order valence-corrected chi connectivity index (χ1v) is 7.05. The highest BCUT2D eigenvalue weighted by atomic mass is 14.2. The van der Waals surface area contributed by atoms with Gasteiger partial charge in [-0.25, -0.2) is 0 Å². The Morgan fingerprint density at radius 3 is 1.80 bits per heavy atom. The van der Waals surface area contributed by atoms with Crippen LogP contribution in [-0.2, 0) is 0 Å². The molecule has 0 heterocycles. The van der Waals surface area contributed by atoms with Crippen LogP contribution in [0, 0.1) is 11.8 Å². The molecule has 2 unspecified atom stereocenters. The molecule has 0 saturated carbocycles. The van der Waals surface area contributed by atoms with Crippen LogP contribution >= 0.6 is 0 Å². The Hall–Kier alpha value is -0.260. The van der Waals surface area contributed by atoms with E-state index in [1.165, 1.54) is 57.8 Å². The van der Waals surface area contributed by atoms with Crippen molar-refractivity contribution in [1.29, 1.82) is 0 Å². The third kappa shape index (κ3) is 5.39. The Kier molecular flexibility index (Phi) is 6.80. The summed E-state index contributed by atoms with van der Waals surface area (Å²) in [4.78, 5) is 0. The van der Waals surface area contributed by atoms with Gasteiger partial charge >= 0.3 is 0 Å². The van der Waals surface area contributed by atoms with Crippen molar-refractivity contribution in [2.24, 2.45) is 11.8 Å². The molecular weight excluding hydrogens is 180 g/mol. The van der Waals surface area contributed by atoms with Gasteiger partial charge in [0.05, 0.1) is 0 Å². The first-order chi connectivity index (χ1) is 7.36. The van der Waals surface area contributed by atoms with Gasteiger partial charge in [0, 0.05) is 0 Å². The third-order valence-electron chi connectivity index (χ3n) is 3.67. The number of unbranched alkanes of at least 4 members (excludes halogenated alkanes) is 3. The monoisotopic (exact) mass is 208 g/mol. The lowest BCUT2D eigenvalue weighted by Gasteiger charge is -2.22. The summed E-state index contributed by atoms with van der Waals surface area (Å²) in [5.74, 6) is 1.82. The standard InChI is InChI=1S/C15H28/c1-3-5-7-9-15-12-10-14(11-13-15)8-6-4-2/h10,12,14-15H,3-9,11,13H2,1-2H3. The van der Waals surface area contributed by atoms with Gasteiger partial charge in [-0.05, 0) is 37.5 Å². The van der Waals surface area contributed by atoms with Crippen molar-refractivity contribution in [1.82, 2.24) is 0 Å². The van der Waals surface area contributed by atoms with Crippen LogP contribution in [0.15, 0.2) is 12.2 Å². The SMILES string of the molecule is CCCCCC1C=CC(CCCC)CC1. The molecule has 0 N–H and O–H groups in total. The van der Waals surface area contributed by atoms with Gasteiger partial charge in [-0.15, -0.1) is 0 Å². The highest BCUT2D eigenvalue weighted by Crippen LogP contribution is 2.28. The number of rotatable bonds is 7. The van der Waals surface area contributed by atoms with Gasteiger partial charge in [-0.1, -0.05) is 58.1 Å². The zero-order chi connectivity index (χ0) is 10.9. The maximum Gasteiger partial charge on any atom is -0.0233 e. The highest BCUT2D eigenvalue weighted by Gasteiger charge is 2.14. The van der Waals surface area contributed by atoms with E-state index in [0.29, 0.717) is 0 Å². The summed E-state index contributed by atoms with van der Waals surface area (Å²) in [6.07, 6.45) is 17.8. The Bertz CT molecular complexity index is 169. The Balaban J connectivity index is 2.13. The van der Waals surface area contributed by atoms with E-state index in [4.69, 9.17) is 0 Å². The molecule has 0 heteroatoms. The zero-order valence-electron chi connectivity index (χ0n) is 10.7.